The van der Waals surface area contributed by atoms with Gasteiger partial charge in [-0.15, -0.1) is 0 Å². The molecule has 252 valence electrons. The first kappa shape index (κ1) is 33.5. The Morgan fingerprint density at radius 1 is 0.857 bits per heavy atom. The third-order valence-electron chi connectivity index (χ3n) is 8.04. The second-order valence-corrected chi connectivity index (χ2v) is 11.8. The quantitative estimate of drug-likeness (QED) is 0.122. The van der Waals surface area contributed by atoms with Gasteiger partial charge in [-0.1, -0.05) is 30.1 Å². The number of nitrogens with two attached hydrogens (primary N) is 1. The molecule has 0 saturated carbocycles. The molecule has 15 heteroatoms. The molecule has 1 fully saturated rings. The Labute approximate surface area is 292 Å². The van der Waals surface area contributed by atoms with Gasteiger partial charge in [0.2, 0.25) is 0 Å². The van der Waals surface area contributed by atoms with Crippen molar-refractivity contribution in [3.05, 3.63) is 88.8 Å². The molecular formula is C34H33Cl2N9O4. The number of fused-ring (bicyclic) bond motifs is 1. The van der Waals surface area contributed by atoms with Crippen LogP contribution in [0.4, 0.5) is 33.5 Å². The van der Waals surface area contributed by atoms with Crippen LogP contribution in [0.1, 0.15) is 17.3 Å². The van der Waals surface area contributed by atoms with E-state index in [1.807, 2.05) is 12.1 Å². The van der Waals surface area contributed by atoms with Crippen molar-refractivity contribution < 1.29 is 19.1 Å². The second kappa shape index (κ2) is 14.8. The van der Waals surface area contributed by atoms with E-state index in [-0.39, 0.29) is 38.6 Å². The zero-order valence-electron chi connectivity index (χ0n) is 26.7. The summed E-state index contributed by atoms with van der Waals surface area (Å²) < 4.78 is 11.3. The fourth-order valence-corrected chi connectivity index (χ4v) is 5.82. The maximum absolute atomic E-state index is 12.9. The summed E-state index contributed by atoms with van der Waals surface area (Å²) >= 11 is 13.1. The summed E-state index contributed by atoms with van der Waals surface area (Å²) in [6, 6.07) is 17.0. The third kappa shape index (κ3) is 7.70. The normalized spacial score (nSPS) is 13.2. The number of rotatable bonds is 10. The summed E-state index contributed by atoms with van der Waals surface area (Å²) in [6.07, 6.45) is 2.89. The number of hydrogen-bond donors (Lipinski definition) is 4. The Morgan fingerprint density at radius 3 is 2.33 bits per heavy atom. The molecule has 3 aromatic carbocycles. The monoisotopic (exact) mass is 701 g/mol. The zero-order chi connectivity index (χ0) is 34.5. The van der Waals surface area contributed by atoms with E-state index in [4.69, 9.17) is 38.4 Å². The van der Waals surface area contributed by atoms with Crippen LogP contribution in [0.2, 0.25) is 10.0 Å². The van der Waals surface area contributed by atoms with Gasteiger partial charge in [-0.05, 0) is 55.1 Å². The Kier molecular flexibility index (Phi) is 10.1. The highest BCUT2D eigenvalue weighted by molar-refractivity contribution is 6.45. The highest BCUT2D eigenvalue weighted by Gasteiger charge is 2.19. The molecule has 0 atom stereocenters. The molecule has 1 saturated heterocycles. The van der Waals surface area contributed by atoms with E-state index >= 15 is 0 Å². The molecular weight excluding hydrogens is 669 g/mol. The molecule has 3 heterocycles. The van der Waals surface area contributed by atoms with E-state index in [1.54, 1.807) is 30.3 Å². The average molecular weight is 703 g/mol. The van der Waals surface area contributed by atoms with Crippen LogP contribution in [0.15, 0.2) is 73.2 Å². The number of halogens is 2. The molecule has 0 radical (unpaired) electrons. The first-order valence-electron chi connectivity index (χ1n) is 15.4. The third-order valence-corrected chi connectivity index (χ3v) is 8.90. The van der Waals surface area contributed by atoms with Crippen molar-refractivity contribution in [2.75, 3.05) is 60.7 Å². The lowest BCUT2D eigenvalue weighted by Crippen LogP contribution is -2.46. The van der Waals surface area contributed by atoms with Crippen LogP contribution in [-0.4, -0.2) is 71.6 Å². The Bertz CT molecular complexity index is 2010. The van der Waals surface area contributed by atoms with Gasteiger partial charge in [-0.2, -0.15) is 0 Å². The van der Waals surface area contributed by atoms with Crippen LogP contribution in [-0.2, 0) is 0 Å². The van der Waals surface area contributed by atoms with Crippen molar-refractivity contribution in [2.24, 2.45) is 5.73 Å². The summed E-state index contributed by atoms with van der Waals surface area (Å²) in [5.41, 5.74) is 8.47. The average Bonchev–Trinajstić information content (AvgIpc) is 3.11. The number of urea groups is 1. The highest BCUT2D eigenvalue weighted by Crippen LogP contribution is 2.41. The van der Waals surface area contributed by atoms with E-state index in [2.05, 4.69) is 59.8 Å². The fraction of sp³-hybridized carbons (Fsp3) is 0.206. The van der Waals surface area contributed by atoms with E-state index in [1.165, 1.54) is 31.4 Å². The molecule has 0 unspecified atom stereocenters. The molecule has 0 bridgehead atoms. The number of benzene rings is 3. The molecule has 0 spiro atoms. The van der Waals surface area contributed by atoms with Crippen molar-refractivity contribution in [3.8, 4) is 17.2 Å². The molecule has 1 aliphatic heterocycles. The van der Waals surface area contributed by atoms with E-state index in [0.29, 0.717) is 22.5 Å². The molecule has 2 aromatic heterocycles. The number of methoxy groups -OCH3 is 1. The lowest BCUT2D eigenvalue weighted by molar-refractivity contribution is 0.0997. The van der Waals surface area contributed by atoms with Gasteiger partial charge in [0.05, 0.1) is 28.9 Å². The van der Waals surface area contributed by atoms with Crippen LogP contribution in [0.3, 0.4) is 0 Å². The number of amides is 3. The smallest absolute Gasteiger partial charge is 0.324 e. The number of anilines is 5. The molecule has 5 aromatic rings. The maximum atomic E-state index is 12.9. The Hall–Kier alpha value is -5.37. The molecule has 1 aliphatic rings. The number of ether oxygens (including phenoxy) is 2. The van der Waals surface area contributed by atoms with E-state index < -0.39 is 11.9 Å². The van der Waals surface area contributed by atoms with Crippen molar-refractivity contribution in [2.45, 2.75) is 6.92 Å². The minimum Gasteiger partial charge on any atom is -0.496 e. The van der Waals surface area contributed by atoms with Crippen LogP contribution in [0.25, 0.3) is 10.9 Å². The van der Waals surface area contributed by atoms with Gasteiger partial charge >= 0.3 is 6.03 Å². The van der Waals surface area contributed by atoms with Crippen LogP contribution in [0, 0.1) is 0 Å². The minimum atomic E-state index is -0.667. The number of primary amides is 1. The first-order chi connectivity index (χ1) is 23.7. The Morgan fingerprint density at radius 2 is 1.61 bits per heavy atom. The number of aromatic nitrogens is 3. The highest BCUT2D eigenvalue weighted by atomic mass is 35.5. The lowest BCUT2D eigenvalue weighted by Gasteiger charge is -2.35. The molecule has 5 N–H and O–H groups in total. The lowest BCUT2D eigenvalue weighted by atomic mass is 10.1. The van der Waals surface area contributed by atoms with Crippen LogP contribution in [0.5, 0.6) is 17.2 Å². The SMILES string of the molecule is CCN1CCN(c2ccc(Nc3cc(NC(=O)Nc4ccc(Oc5ccnc6cc(OC)c(C(N)=O)cc56)c(Cl)c4Cl)ncn3)cc2)CC1. The van der Waals surface area contributed by atoms with Gasteiger partial charge in [0.25, 0.3) is 5.91 Å². The fourth-order valence-electron chi connectivity index (χ4n) is 5.41. The Balaban J connectivity index is 1.09. The summed E-state index contributed by atoms with van der Waals surface area (Å²) in [7, 11) is 1.43. The van der Waals surface area contributed by atoms with Crippen molar-refractivity contribution in [1.82, 2.24) is 19.9 Å². The summed E-state index contributed by atoms with van der Waals surface area (Å²) in [4.78, 5) is 42.5. The number of nitrogens with one attached hydrogen (secondary N) is 3. The molecule has 49 heavy (non-hydrogen) atoms. The number of piperazine rings is 1. The number of pyridine rings is 1. The van der Waals surface area contributed by atoms with Gasteiger partial charge in [-0.3, -0.25) is 15.1 Å². The van der Waals surface area contributed by atoms with Gasteiger partial charge in [0.1, 0.15) is 40.2 Å². The molecule has 3 amide bonds. The van der Waals surface area contributed by atoms with Crippen molar-refractivity contribution in [1.29, 1.82) is 0 Å². The van der Waals surface area contributed by atoms with Crippen LogP contribution >= 0.6 is 23.2 Å². The molecule has 13 nitrogen and oxygen atoms in total. The largest absolute Gasteiger partial charge is 0.496 e. The number of nitrogens with zero attached hydrogens (tertiary/aromatic N) is 5. The summed E-state index contributed by atoms with van der Waals surface area (Å²) in [6.45, 7) is 7.37. The summed E-state index contributed by atoms with van der Waals surface area (Å²) in [5.74, 6) is 0.942. The van der Waals surface area contributed by atoms with E-state index in [9.17, 15) is 9.59 Å². The number of carbonyl (C=O) groups excluding carboxylic acids is 2. The predicted octanol–water partition coefficient (Wildman–Crippen LogP) is 6.76. The van der Waals surface area contributed by atoms with E-state index in [0.717, 1.165) is 38.4 Å². The van der Waals surface area contributed by atoms with Gasteiger partial charge in [-0.25, -0.2) is 14.8 Å². The van der Waals surface area contributed by atoms with Crippen LogP contribution < -0.4 is 36.1 Å². The summed E-state index contributed by atoms with van der Waals surface area (Å²) in [5, 5.41) is 9.21. The standard InChI is InChI=1S/C34H33Cl2N9O4/c1-3-44-12-14-45(15-13-44)21-6-4-20(5-7-21)41-29-18-30(40-19-39-29)43-34(47)42-24-8-9-27(32(36)31(24)35)49-26-10-11-38-25-17-28(48-2)23(33(37)46)16-22(25)26/h4-11,16-19H,3,12-15H2,1-2H3,(H2,37,46)(H3,39,40,41,42,43,47). The predicted molar refractivity (Wildman–Crippen MR) is 192 cm³/mol. The number of carbonyl (C=O) groups is 2. The van der Waals surface area contributed by atoms with Gasteiger partial charge in [0.15, 0.2) is 0 Å². The number of hydrogen-bond acceptors (Lipinski definition) is 10. The number of likely N-dealkylation sites (N-methyl/N-ethyl adjacent to an activating group) is 1. The van der Waals surface area contributed by atoms with Gasteiger partial charge < -0.3 is 35.6 Å². The second-order valence-electron chi connectivity index (χ2n) is 11.0. The first-order valence-corrected chi connectivity index (χ1v) is 16.1. The maximum Gasteiger partial charge on any atom is 0.324 e. The minimum absolute atomic E-state index is 0.0490. The molecule has 0 aliphatic carbocycles. The van der Waals surface area contributed by atoms with Crippen molar-refractivity contribution >= 4 is 74.7 Å². The zero-order valence-corrected chi connectivity index (χ0v) is 28.2. The topological polar surface area (TPSA) is 160 Å². The van der Waals surface area contributed by atoms with Gasteiger partial charge in [0, 0.05) is 61.3 Å². The van der Waals surface area contributed by atoms with Crippen molar-refractivity contribution in [3.63, 3.8) is 0 Å². The molecule has 6 rings (SSSR count).